The number of benzene rings is 1. The summed E-state index contributed by atoms with van der Waals surface area (Å²) in [5, 5.41) is 10.6. The Morgan fingerprint density at radius 1 is 1.35 bits per heavy atom. The van der Waals surface area contributed by atoms with E-state index in [0.717, 1.165) is 18.5 Å². The van der Waals surface area contributed by atoms with Crippen molar-refractivity contribution in [1.82, 2.24) is 20.2 Å². The molecule has 116 valence electrons. The monoisotopic (exact) mass is 343 g/mol. The molecule has 2 aromatic heterocycles. The van der Waals surface area contributed by atoms with Gasteiger partial charge in [-0.2, -0.15) is 5.10 Å². The first kappa shape index (κ1) is 14.4. The molecule has 6 nitrogen and oxygen atoms in total. The Labute approximate surface area is 140 Å². The van der Waals surface area contributed by atoms with Crippen LogP contribution in [0.4, 0.5) is 5.13 Å². The van der Waals surface area contributed by atoms with Gasteiger partial charge in [0.2, 0.25) is 5.91 Å². The fraction of sp³-hybridized carbons (Fsp3) is 0.200. The van der Waals surface area contributed by atoms with Crippen molar-refractivity contribution < 1.29 is 4.79 Å². The number of aromatic amines is 1. The number of amides is 1. The Morgan fingerprint density at radius 3 is 3.13 bits per heavy atom. The fourth-order valence-corrected chi connectivity index (χ4v) is 4.13. The van der Waals surface area contributed by atoms with Crippen LogP contribution >= 0.6 is 23.1 Å². The lowest BCUT2D eigenvalue weighted by Gasteiger charge is -2.13. The lowest BCUT2D eigenvalue weighted by molar-refractivity contribution is -0.113. The van der Waals surface area contributed by atoms with Crippen molar-refractivity contribution in [2.75, 3.05) is 11.1 Å². The SMILES string of the molecule is O=C(CSc1ncn[nH]1)Nc1nc2c(s1)CCc1ccccc1-2. The quantitative estimate of drug-likeness (QED) is 0.712. The number of carbonyl (C=O) groups excluding carboxylic acids is 1. The molecule has 0 spiro atoms. The van der Waals surface area contributed by atoms with E-state index >= 15 is 0 Å². The van der Waals surface area contributed by atoms with Crippen molar-refractivity contribution >= 4 is 34.1 Å². The van der Waals surface area contributed by atoms with E-state index in [4.69, 9.17) is 0 Å². The minimum Gasteiger partial charge on any atom is -0.301 e. The molecule has 0 saturated heterocycles. The third kappa shape index (κ3) is 2.99. The summed E-state index contributed by atoms with van der Waals surface area (Å²) in [5.74, 6) is 0.182. The van der Waals surface area contributed by atoms with Crippen LogP contribution in [0.15, 0.2) is 35.7 Å². The smallest absolute Gasteiger partial charge is 0.236 e. The number of rotatable bonds is 4. The Morgan fingerprint density at radius 2 is 2.26 bits per heavy atom. The molecule has 0 bridgehead atoms. The second-order valence-corrected chi connectivity index (χ2v) is 7.12. The third-order valence-electron chi connectivity index (χ3n) is 3.57. The first-order chi connectivity index (χ1) is 11.3. The number of carbonyl (C=O) groups is 1. The van der Waals surface area contributed by atoms with Crippen LogP contribution in [0.5, 0.6) is 0 Å². The molecule has 23 heavy (non-hydrogen) atoms. The van der Waals surface area contributed by atoms with Crippen molar-refractivity contribution in [1.29, 1.82) is 0 Å². The van der Waals surface area contributed by atoms with Gasteiger partial charge in [-0.1, -0.05) is 36.0 Å². The largest absolute Gasteiger partial charge is 0.301 e. The van der Waals surface area contributed by atoms with Gasteiger partial charge >= 0.3 is 0 Å². The van der Waals surface area contributed by atoms with Crippen LogP contribution in [0, 0.1) is 0 Å². The molecule has 0 atom stereocenters. The van der Waals surface area contributed by atoms with E-state index < -0.39 is 0 Å². The highest BCUT2D eigenvalue weighted by Crippen LogP contribution is 2.37. The van der Waals surface area contributed by atoms with Gasteiger partial charge in [0.25, 0.3) is 0 Å². The predicted octanol–water partition coefficient (Wildman–Crippen LogP) is 2.76. The van der Waals surface area contributed by atoms with Crippen molar-refractivity contribution in [3.63, 3.8) is 0 Å². The van der Waals surface area contributed by atoms with E-state index in [9.17, 15) is 4.79 Å². The number of hydrogen-bond donors (Lipinski definition) is 2. The van der Waals surface area contributed by atoms with Crippen LogP contribution in [0.1, 0.15) is 10.4 Å². The number of nitrogens with zero attached hydrogens (tertiary/aromatic N) is 3. The molecule has 0 fully saturated rings. The Hall–Kier alpha value is -2.19. The standard InChI is InChI=1S/C15H13N5OS2/c21-12(7-22-14-16-8-17-20-14)18-15-19-13-10-4-2-1-3-9(10)5-6-11(13)23-15/h1-4,8H,5-7H2,(H,16,17,20)(H,18,19,21). The summed E-state index contributed by atoms with van der Waals surface area (Å²) in [6.45, 7) is 0. The van der Waals surface area contributed by atoms with Gasteiger partial charge in [-0.3, -0.25) is 9.89 Å². The summed E-state index contributed by atoms with van der Waals surface area (Å²) in [4.78, 5) is 21.9. The first-order valence-corrected chi connectivity index (χ1v) is 8.96. The fourth-order valence-electron chi connectivity index (χ4n) is 2.56. The van der Waals surface area contributed by atoms with E-state index in [0.29, 0.717) is 10.3 Å². The Kier molecular flexibility index (Phi) is 3.84. The number of aromatic nitrogens is 4. The van der Waals surface area contributed by atoms with Gasteiger partial charge in [0.15, 0.2) is 10.3 Å². The van der Waals surface area contributed by atoms with Gasteiger partial charge in [0, 0.05) is 10.4 Å². The zero-order chi connectivity index (χ0) is 15.6. The molecule has 3 aromatic rings. The van der Waals surface area contributed by atoms with Crippen LogP contribution < -0.4 is 5.32 Å². The molecule has 1 amide bonds. The lowest BCUT2D eigenvalue weighted by atomic mass is 9.94. The van der Waals surface area contributed by atoms with Crippen molar-refractivity contribution in [2.24, 2.45) is 0 Å². The second-order valence-electron chi connectivity index (χ2n) is 5.08. The van der Waals surface area contributed by atoms with E-state index in [2.05, 4.69) is 43.7 Å². The summed E-state index contributed by atoms with van der Waals surface area (Å²) in [7, 11) is 0. The van der Waals surface area contributed by atoms with Crippen LogP contribution in [0.2, 0.25) is 0 Å². The summed E-state index contributed by atoms with van der Waals surface area (Å²) in [6, 6.07) is 8.32. The van der Waals surface area contributed by atoms with Gasteiger partial charge in [0.1, 0.15) is 6.33 Å². The predicted molar refractivity (Wildman–Crippen MR) is 90.7 cm³/mol. The highest BCUT2D eigenvalue weighted by atomic mass is 32.2. The molecule has 1 aliphatic rings. The zero-order valence-electron chi connectivity index (χ0n) is 12.1. The first-order valence-electron chi connectivity index (χ1n) is 7.15. The number of H-pyrrole nitrogens is 1. The summed E-state index contributed by atoms with van der Waals surface area (Å²) < 4.78 is 0. The van der Waals surface area contributed by atoms with Gasteiger partial charge in [-0.15, -0.1) is 11.3 Å². The van der Waals surface area contributed by atoms with Crippen molar-refractivity contribution in [3.05, 3.63) is 41.0 Å². The minimum atomic E-state index is -0.0919. The number of anilines is 1. The van der Waals surface area contributed by atoms with Crippen molar-refractivity contribution in [2.45, 2.75) is 18.0 Å². The second kappa shape index (κ2) is 6.13. The highest BCUT2D eigenvalue weighted by molar-refractivity contribution is 7.99. The molecular weight excluding hydrogens is 330 g/mol. The maximum atomic E-state index is 12.0. The van der Waals surface area contributed by atoms with Crippen LogP contribution in [0.3, 0.4) is 0 Å². The molecule has 8 heteroatoms. The Balaban J connectivity index is 1.47. The topological polar surface area (TPSA) is 83.6 Å². The average Bonchev–Trinajstić information content (AvgIpc) is 3.22. The van der Waals surface area contributed by atoms with Crippen LogP contribution in [-0.2, 0) is 17.6 Å². The maximum absolute atomic E-state index is 12.0. The maximum Gasteiger partial charge on any atom is 0.236 e. The molecule has 0 saturated carbocycles. The van der Waals surface area contributed by atoms with E-state index in [1.54, 1.807) is 11.3 Å². The van der Waals surface area contributed by atoms with Gasteiger partial charge in [0.05, 0.1) is 11.4 Å². The minimum absolute atomic E-state index is 0.0919. The summed E-state index contributed by atoms with van der Waals surface area (Å²) >= 11 is 2.88. The molecule has 4 rings (SSSR count). The highest BCUT2D eigenvalue weighted by Gasteiger charge is 2.21. The van der Waals surface area contributed by atoms with Gasteiger partial charge in [-0.05, 0) is 18.4 Å². The number of hydrogen-bond acceptors (Lipinski definition) is 6. The van der Waals surface area contributed by atoms with E-state index in [-0.39, 0.29) is 11.7 Å². The molecular formula is C15H13N5OS2. The molecule has 0 aliphatic heterocycles. The number of aryl methyl sites for hydroxylation is 2. The summed E-state index contributed by atoms with van der Waals surface area (Å²) in [5.41, 5.74) is 3.51. The average molecular weight is 343 g/mol. The Bertz CT molecular complexity index is 843. The van der Waals surface area contributed by atoms with Gasteiger partial charge in [-0.25, -0.2) is 9.97 Å². The number of fused-ring (bicyclic) bond motifs is 3. The third-order valence-corrected chi connectivity index (χ3v) is 5.48. The van der Waals surface area contributed by atoms with Crippen molar-refractivity contribution in [3.8, 4) is 11.3 Å². The molecule has 2 heterocycles. The molecule has 1 aromatic carbocycles. The van der Waals surface area contributed by atoms with Gasteiger partial charge < -0.3 is 5.32 Å². The van der Waals surface area contributed by atoms with Crippen LogP contribution in [-0.4, -0.2) is 31.8 Å². The molecule has 0 unspecified atom stereocenters. The van der Waals surface area contributed by atoms with E-state index in [1.165, 1.54) is 34.1 Å². The number of nitrogens with one attached hydrogen (secondary N) is 2. The number of thiazole rings is 1. The zero-order valence-corrected chi connectivity index (χ0v) is 13.7. The van der Waals surface area contributed by atoms with E-state index in [1.807, 2.05) is 6.07 Å². The lowest BCUT2D eigenvalue weighted by Crippen LogP contribution is -2.13. The normalized spacial score (nSPS) is 12.5. The van der Waals surface area contributed by atoms with Crippen LogP contribution in [0.25, 0.3) is 11.3 Å². The summed E-state index contributed by atoms with van der Waals surface area (Å²) in [6.07, 6.45) is 3.43. The number of thioether (sulfide) groups is 1. The molecule has 2 N–H and O–H groups in total. The molecule has 0 radical (unpaired) electrons. The molecule has 1 aliphatic carbocycles.